The lowest BCUT2D eigenvalue weighted by atomic mass is 10.1. The molecule has 0 aliphatic rings. The highest BCUT2D eigenvalue weighted by Gasteiger charge is 2.33. The quantitative estimate of drug-likeness (QED) is 0.428. The van der Waals surface area contributed by atoms with Crippen LogP contribution in [0.1, 0.15) is 16.5 Å². The number of thiophene rings is 1. The fourth-order valence-corrected chi connectivity index (χ4v) is 4.81. The van der Waals surface area contributed by atoms with Crippen LogP contribution in [-0.4, -0.2) is 23.3 Å². The minimum absolute atomic E-state index is 0.277. The van der Waals surface area contributed by atoms with E-state index >= 15 is 0 Å². The third kappa shape index (κ3) is 4.66. The van der Waals surface area contributed by atoms with Gasteiger partial charge in [0, 0.05) is 17.1 Å². The molecule has 1 unspecified atom stereocenters. The zero-order valence-corrected chi connectivity index (χ0v) is 18.2. The van der Waals surface area contributed by atoms with Crippen molar-refractivity contribution >= 4 is 50.4 Å². The van der Waals surface area contributed by atoms with Crippen molar-refractivity contribution in [3.05, 3.63) is 82.0 Å². The molecule has 2 aromatic heterocycles. The molecule has 0 spiro atoms. The highest BCUT2D eigenvalue weighted by molar-refractivity contribution is 7.16. The molecule has 2 heterocycles. The molecule has 31 heavy (non-hydrogen) atoms. The van der Waals surface area contributed by atoms with Crippen LogP contribution in [0.3, 0.4) is 0 Å². The average Bonchev–Trinajstić information content (AvgIpc) is 3.49. The summed E-state index contributed by atoms with van der Waals surface area (Å²) in [5.74, 6) is 1.32. The fourth-order valence-electron chi connectivity index (χ4n) is 3.34. The summed E-state index contributed by atoms with van der Waals surface area (Å²) in [6, 6.07) is 18.2. The van der Waals surface area contributed by atoms with Crippen molar-refractivity contribution < 1.29 is 9.59 Å². The number of carbonyl (C=O) groups is 2. The van der Waals surface area contributed by atoms with Crippen molar-refractivity contribution in [1.82, 2.24) is 10.3 Å². The van der Waals surface area contributed by atoms with Crippen molar-refractivity contribution in [1.29, 1.82) is 0 Å². The number of aromatic nitrogens is 1. The Morgan fingerprint density at radius 3 is 2.68 bits per heavy atom. The minimum Gasteiger partial charge on any atom is -0.354 e. The van der Waals surface area contributed by atoms with Gasteiger partial charge >= 0.3 is 5.91 Å². The first-order valence-electron chi connectivity index (χ1n) is 9.65. The van der Waals surface area contributed by atoms with Crippen LogP contribution in [0.4, 0.5) is 5.69 Å². The van der Waals surface area contributed by atoms with Crippen LogP contribution in [0.2, 0.25) is 0 Å². The molecule has 4 aromatic rings. The number of nitrogens with zero attached hydrogens (tertiary/aromatic N) is 2. The Morgan fingerprint density at radius 1 is 1.10 bits per heavy atom. The molecule has 5 nitrogen and oxygen atoms in total. The summed E-state index contributed by atoms with van der Waals surface area (Å²) in [4.78, 5) is 32.6. The van der Waals surface area contributed by atoms with E-state index in [2.05, 4.69) is 16.2 Å². The number of anilines is 1. The molecule has 2 aromatic carbocycles. The average molecular weight is 446 g/mol. The molecule has 0 saturated carbocycles. The molecule has 0 aliphatic carbocycles. The number of benzene rings is 2. The molecule has 0 fully saturated rings. The van der Waals surface area contributed by atoms with Gasteiger partial charge in [-0.15, -0.1) is 29.1 Å². The van der Waals surface area contributed by atoms with Gasteiger partial charge in [0.1, 0.15) is 0 Å². The van der Waals surface area contributed by atoms with Gasteiger partial charge in [-0.25, -0.2) is 4.98 Å². The van der Waals surface area contributed by atoms with Gasteiger partial charge in [-0.05, 0) is 47.6 Å². The van der Waals surface area contributed by atoms with Gasteiger partial charge in [-0.1, -0.05) is 36.4 Å². The fraction of sp³-hybridized carbons (Fsp3) is 0.125. The van der Waals surface area contributed by atoms with E-state index in [0.717, 1.165) is 20.7 Å². The van der Waals surface area contributed by atoms with Gasteiger partial charge in [0.25, 0.3) is 0 Å². The molecule has 0 saturated heterocycles. The van der Waals surface area contributed by atoms with Crippen LogP contribution >= 0.6 is 22.7 Å². The maximum absolute atomic E-state index is 13.3. The second kappa shape index (κ2) is 9.56. The molecule has 7 heteroatoms. The van der Waals surface area contributed by atoms with Crippen molar-refractivity contribution in [3.63, 3.8) is 0 Å². The molecule has 4 rings (SSSR count). The van der Waals surface area contributed by atoms with E-state index in [1.54, 1.807) is 17.6 Å². The predicted molar refractivity (Wildman–Crippen MR) is 126 cm³/mol. The van der Waals surface area contributed by atoms with Crippen molar-refractivity contribution in [3.8, 4) is 12.3 Å². The lowest BCUT2D eigenvalue weighted by molar-refractivity contribution is -0.125. The Morgan fingerprint density at radius 2 is 1.94 bits per heavy atom. The van der Waals surface area contributed by atoms with Crippen LogP contribution < -0.4 is 10.2 Å². The van der Waals surface area contributed by atoms with E-state index in [0.29, 0.717) is 18.7 Å². The Bertz CT molecular complexity index is 1230. The number of thiazole rings is 1. The van der Waals surface area contributed by atoms with Gasteiger partial charge in [0.2, 0.25) is 5.91 Å². The van der Waals surface area contributed by atoms with Crippen LogP contribution in [0.5, 0.6) is 0 Å². The third-order valence-electron chi connectivity index (χ3n) is 4.81. The zero-order valence-electron chi connectivity index (χ0n) is 16.5. The van der Waals surface area contributed by atoms with E-state index in [-0.39, 0.29) is 5.91 Å². The minimum atomic E-state index is -0.865. The first-order valence-corrected chi connectivity index (χ1v) is 11.4. The van der Waals surface area contributed by atoms with E-state index in [1.165, 1.54) is 27.6 Å². The first-order chi connectivity index (χ1) is 15.2. The van der Waals surface area contributed by atoms with Gasteiger partial charge in [0.15, 0.2) is 6.04 Å². The molecular formula is C24H19N3O2S2. The maximum atomic E-state index is 13.3. The predicted octanol–water partition coefficient (Wildman–Crippen LogP) is 4.42. The van der Waals surface area contributed by atoms with Crippen molar-refractivity contribution in [2.24, 2.45) is 0 Å². The number of carbonyl (C=O) groups excluding carboxylic acids is 2. The van der Waals surface area contributed by atoms with E-state index in [9.17, 15) is 9.59 Å². The van der Waals surface area contributed by atoms with Gasteiger partial charge < -0.3 is 5.32 Å². The van der Waals surface area contributed by atoms with Crippen LogP contribution in [0.15, 0.2) is 71.6 Å². The highest BCUT2D eigenvalue weighted by atomic mass is 32.1. The van der Waals surface area contributed by atoms with Gasteiger partial charge in [-0.2, -0.15) is 0 Å². The number of fused-ring (bicyclic) bond motifs is 1. The Kier molecular flexibility index (Phi) is 6.41. The Labute approximate surface area is 188 Å². The van der Waals surface area contributed by atoms with Crippen LogP contribution in [0, 0.1) is 12.3 Å². The molecule has 154 valence electrons. The lowest BCUT2D eigenvalue weighted by Gasteiger charge is -2.29. The normalized spacial score (nSPS) is 11.6. The lowest BCUT2D eigenvalue weighted by Crippen LogP contribution is -2.43. The zero-order chi connectivity index (χ0) is 21.6. The summed E-state index contributed by atoms with van der Waals surface area (Å²) in [7, 11) is 0. The third-order valence-corrected chi connectivity index (χ3v) is 6.54. The summed E-state index contributed by atoms with van der Waals surface area (Å²) in [5, 5.41) is 4.85. The van der Waals surface area contributed by atoms with Crippen LogP contribution in [0.25, 0.3) is 10.2 Å². The molecule has 1 atom stereocenters. The number of hydrogen-bond donors (Lipinski definition) is 1. The highest BCUT2D eigenvalue weighted by Crippen LogP contribution is 2.33. The molecule has 0 bridgehead atoms. The Hall–Kier alpha value is -3.47. The summed E-state index contributed by atoms with van der Waals surface area (Å²) < 4.78 is 0.997. The molecule has 0 aliphatic heterocycles. The van der Waals surface area contributed by atoms with Crippen molar-refractivity contribution in [2.45, 2.75) is 12.5 Å². The maximum Gasteiger partial charge on any atom is 0.303 e. The first kappa shape index (κ1) is 20.8. The smallest absolute Gasteiger partial charge is 0.303 e. The largest absolute Gasteiger partial charge is 0.354 e. The number of rotatable bonds is 7. The molecular weight excluding hydrogens is 426 g/mol. The molecule has 2 amide bonds. The summed E-state index contributed by atoms with van der Waals surface area (Å²) in [5.41, 5.74) is 4.17. The summed E-state index contributed by atoms with van der Waals surface area (Å²) >= 11 is 2.92. The summed E-state index contributed by atoms with van der Waals surface area (Å²) in [6.07, 6.45) is 6.18. The topological polar surface area (TPSA) is 62.3 Å². The number of amides is 2. The van der Waals surface area contributed by atoms with Gasteiger partial charge in [0.05, 0.1) is 15.7 Å². The Balaban J connectivity index is 1.64. The monoisotopic (exact) mass is 445 g/mol. The van der Waals surface area contributed by atoms with E-state index in [4.69, 9.17) is 6.42 Å². The van der Waals surface area contributed by atoms with E-state index < -0.39 is 11.9 Å². The number of terminal acetylenes is 1. The molecule has 1 N–H and O–H groups in total. The number of nitrogens with one attached hydrogen (secondary N) is 1. The summed E-state index contributed by atoms with van der Waals surface area (Å²) in [6.45, 7) is 0.452. The van der Waals surface area contributed by atoms with E-state index in [1.807, 2.05) is 53.9 Å². The second-order valence-electron chi connectivity index (χ2n) is 6.77. The van der Waals surface area contributed by atoms with Gasteiger partial charge in [-0.3, -0.25) is 14.5 Å². The molecule has 0 radical (unpaired) electrons. The second-order valence-corrected chi connectivity index (χ2v) is 8.63. The number of hydrogen-bond acceptors (Lipinski definition) is 5. The SMILES string of the molecule is C#CC(=O)N(c1ccc2scnc2c1)C(C(=O)NCCc1ccccc1)c1cccs1. The van der Waals surface area contributed by atoms with Crippen LogP contribution in [-0.2, 0) is 16.0 Å². The standard InChI is InChI=1S/C24H19N3O2S2/c1-2-22(28)27(18-10-11-20-19(15-18)26-16-31-20)23(21-9-6-14-30-21)24(29)25-13-12-17-7-4-3-5-8-17/h1,3-11,14-16,23H,12-13H2,(H,25,29). The van der Waals surface area contributed by atoms with Crippen molar-refractivity contribution in [2.75, 3.05) is 11.4 Å².